The van der Waals surface area contributed by atoms with Crippen molar-refractivity contribution < 1.29 is 4.74 Å². The maximum atomic E-state index is 5.98. The predicted molar refractivity (Wildman–Crippen MR) is 50.9 cm³/mol. The molecule has 0 aliphatic heterocycles. The summed E-state index contributed by atoms with van der Waals surface area (Å²) < 4.78 is 5.37. The number of hydrogen-bond acceptors (Lipinski definition) is 2. The smallest absolute Gasteiger partial charge is 0.0753 e. The van der Waals surface area contributed by atoms with Gasteiger partial charge in [-0.05, 0) is 32.1 Å². The first-order chi connectivity index (χ1) is 5.65. The summed E-state index contributed by atoms with van der Waals surface area (Å²) >= 11 is 0. The lowest BCUT2D eigenvalue weighted by Crippen LogP contribution is -2.37. The Kier molecular flexibility index (Phi) is 3.29. The zero-order chi connectivity index (χ0) is 9.14. The highest BCUT2D eigenvalue weighted by Crippen LogP contribution is 2.35. The molecule has 0 bridgehead atoms. The van der Waals surface area contributed by atoms with Crippen LogP contribution in [0.15, 0.2) is 12.2 Å². The Hall–Kier alpha value is -0.340. The van der Waals surface area contributed by atoms with Gasteiger partial charge in [0, 0.05) is 13.2 Å². The molecule has 2 atom stereocenters. The van der Waals surface area contributed by atoms with E-state index >= 15 is 0 Å². The second kappa shape index (κ2) is 4.06. The van der Waals surface area contributed by atoms with Crippen LogP contribution in [0.1, 0.15) is 26.2 Å². The van der Waals surface area contributed by atoms with Crippen LogP contribution in [0.2, 0.25) is 0 Å². The minimum absolute atomic E-state index is 0.139. The number of ether oxygens (including phenoxy) is 1. The molecule has 0 aromatic carbocycles. The zero-order valence-corrected chi connectivity index (χ0v) is 8.05. The maximum Gasteiger partial charge on any atom is 0.0753 e. The summed E-state index contributed by atoms with van der Waals surface area (Å²) in [4.78, 5) is 0. The molecule has 0 amide bonds. The summed E-state index contributed by atoms with van der Waals surface area (Å²) in [5.74, 6) is 0.712. The minimum Gasteiger partial charge on any atom is -0.380 e. The van der Waals surface area contributed by atoms with Gasteiger partial charge in [-0.3, -0.25) is 0 Å². The standard InChI is InChI=1S/C10H19NO/c1-7(2)6-9(11)10(12-3)8-4-5-8/h8-10H,1,4-6,11H2,2-3H3. The molecule has 0 aromatic heterocycles. The number of rotatable bonds is 5. The van der Waals surface area contributed by atoms with E-state index in [0.29, 0.717) is 5.92 Å². The Bertz CT molecular complexity index is 163. The van der Waals surface area contributed by atoms with E-state index in [0.717, 1.165) is 12.0 Å². The molecule has 12 heavy (non-hydrogen) atoms. The van der Waals surface area contributed by atoms with E-state index in [1.165, 1.54) is 12.8 Å². The van der Waals surface area contributed by atoms with Crippen LogP contribution in [-0.4, -0.2) is 19.3 Å². The highest BCUT2D eigenvalue weighted by molar-refractivity contribution is 4.98. The van der Waals surface area contributed by atoms with Crippen LogP contribution in [0.4, 0.5) is 0 Å². The van der Waals surface area contributed by atoms with Gasteiger partial charge in [0.15, 0.2) is 0 Å². The zero-order valence-electron chi connectivity index (χ0n) is 8.05. The van der Waals surface area contributed by atoms with Gasteiger partial charge < -0.3 is 10.5 Å². The van der Waals surface area contributed by atoms with Gasteiger partial charge in [0.1, 0.15) is 0 Å². The number of nitrogens with two attached hydrogens (primary N) is 1. The third-order valence-electron chi connectivity index (χ3n) is 2.36. The molecule has 0 heterocycles. The molecule has 1 rings (SSSR count). The molecule has 1 aliphatic carbocycles. The van der Waals surface area contributed by atoms with Crippen molar-refractivity contribution in [3.63, 3.8) is 0 Å². The molecule has 1 saturated carbocycles. The highest BCUT2D eigenvalue weighted by atomic mass is 16.5. The molecule has 1 aliphatic rings. The predicted octanol–water partition coefficient (Wildman–Crippen LogP) is 1.70. The molecule has 2 nitrogen and oxygen atoms in total. The average Bonchev–Trinajstić information content (AvgIpc) is 2.70. The van der Waals surface area contributed by atoms with Gasteiger partial charge in [0.25, 0.3) is 0 Å². The van der Waals surface area contributed by atoms with Gasteiger partial charge in [0.2, 0.25) is 0 Å². The molecular formula is C10H19NO. The van der Waals surface area contributed by atoms with Crippen molar-refractivity contribution in [1.82, 2.24) is 0 Å². The van der Waals surface area contributed by atoms with Crippen molar-refractivity contribution in [1.29, 1.82) is 0 Å². The lowest BCUT2D eigenvalue weighted by atomic mass is 10.0. The van der Waals surface area contributed by atoms with Crippen molar-refractivity contribution >= 4 is 0 Å². The van der Waals surface area contributed by atoms with E-state index in [-0.39, 0.29) is 12.1 Å². The van der Waals surface area contributed by atoms with Gasteiger partial charge in [-0.15, -0.1) is 6.58 Å². The summed E-state index contributed by atoms with van der Waals surface area (Å²) in [6.07, 6.45) is 3.70. The quantitative estimate of drug-likeness (QED) is 0.636. The van der Waals surface area contributed by atoms with E-state index in [9.17, 15) is 0 Å². The van der Waals surface area contributed by atoms with Crippen molar-refractivity contribution in [3.8, 4) is 0 Å². The lowest BCUT2D eigenvalue weighted by Gasteiger charge is -2.22. The Morgan fingerprint density at radius 1 is 1.67 bits per heavy atom. The average molecular weight is 169 g/mol. The van der Waals surface area contributed by atoms with Crippen LogP contribution in [0.3, 0.4) is 0 Å². The first kappa shape index (κ1) is 9.75. The topological polar surface area (TPSA) is 35.2 Å². The van der Waals surface area contributed by atoms with Crippen LogP contribution >= 0.6 is 0 Å². The molecule has 2 N–H and O–H groups in total. The third-order valence-corrected chi connectivity index (χ3v) is 2.36. The van der Waals surface area contributed by atoms with Gasteiger partial charge in [0.05, 0.1) is 6.10 Å². The summed E-state index contributed by atoms with van der Waals surface area (Å²) in [6.45, 7) is 5.87. The Morgan fingerprint density at radius 2 is 2.25 bits per heavy atom. The second-order valence-corrected chi connectivity index (χ2v) is 3.86. The van der Waals surface area contributed by atoms with Crippen LogP contribution in [0, 0.1) is 5.92 Å². The molecule has 2 heteroatoms. The molecule has 70 valence electrons. The molecule has 0 aromatic rings. The van der Waals surface area contributed by atoms with E-state index < -0.39 is 0 Å². The van der Waals surface area contributed by atoms with Crippen LogP contribution in [0.25, 0.3) is 0 Å². The van der Waals surface area contributed by atoms with Crippen LogP contribution < -0.4 is 5.73 Å². The summed E-state index contributed by atoms with van der Waals surface area (Å²) in [5.41, 5.74) is 7.13. The molecule has 0 spiro atoms. The van der Waals surface area contributed by atoms with Crippen molar-refractivity contribution in [2.24, 2.45) is 11.7 Å². The van der Waals surface area contributed by atoms with Crippen molar-refractivity contribution in [3.05, 3.63) is 12.2 Å². The van der Waals surface area contributed by atoms with E-state index in [4.69, 9.17) is 10.5 Å². The fourth-order valence-corrected chi connectivity index (χ4v) is 1.66. The normalized spacial score (nSPS) is 21.9. The van der Waals surface area contributed by atoms with Crippen LogP contribution in [-0.2, 0) is 4.74 Å². The van der Waals surface area contributed by atoms with Crippen molar-refractivity contribution in [2.45, 2.75) is 38.3 Å². The third kappa shape index (κ3) is 2.61. The maximum absolute atomic E-state index is 5.98. The van der Waals surface area contributed by atoms with E-state index in [1.54, 1.807) is 7.11 Å². The number of hydrogen-bond donors (Lipinski definition) is 1. The van der Waals surface area contributed by atoms with Gasteiger partial charge in [-0.25, -0.2) is 0 Å². The van der Waals surface area contributed by atoms with Crippen LogP contribution in [0.5, 0.6) is 0 Å². The second-order valence-electron chi connectivity index (χ2n) is 3.86. The van der Waals surface area contributed by atoms with E-state index in [1.807, 2.05) is 6.92 Å². The van der Waals surface area contributed by atoms with Gasteiger partial charge in [-0.1, -0.05) is 5.57 Å². The largest absolute Gasteiger partial charge is 0.380 e. The first-order valence-electron chi connectivity index (χ1n) is 4.58. The number of methoxy groups -OCH3 is 1. The summed E-state index contributed by atoms with van der Waals surface area (Å²) in [5, 5.41) is 0. The SMILES string of the molecule is C=C(C)CC(N)C(OC)C1CC1. The highest BCUT2D eigenvalue weighted by Gasteiger charge is 2.34. The van der Waals surface area contributed by atoms with Gasteiger partial charge >= 0.3 is 0 Å². The monoisotopic (exact) mass is 169 g/mol. The Balaban J connectivity index is 2.35. The molecule has 0 radical (unpaired) electrons. The first-order valence-corrected chi connectivity index (χ1v) is 4.58. The van der Waals surface area contributed by atoms with Crippen molar-refractivity contribution in [2.75, 3.05) is 7.11 Å². The lowest BCUT2D eigenvalue weighted by molar-refractivity contribution is 0.0627. The molecule has 2 unspecified atom stereocenters. The Labute approximate surface area is 74.8 Å². The fraction of sp³-hybridized carbons (Fsp3) is 0.800. The summed E-state index contributed by atoms with van der Waals surface area (Å²) in [7, 11) is 1.75. The summed E-state index contributed by atoms with van der Waals surface area (Å²) in [6, 6.07) is 0.139. The minimum atomic E-state index is 0.139. The Morgan fingerprint density at radius 3 is 2.58 bits per heavy atom. The van der Waals surface area contributed by atoms with Gasteiger partial charge in [-0.2, -0.15) is 0 Å². The fourth-order valence-electron chi connectivity index (χ4n) is 1.66. The molecule has 1 fully saturated rings. The molecular weight excluding hydrogens is 150 g/mol. The molecule has 0 saturated heterocycles. The van der Waals surface area contributed by atoms with E-state index in [2.05, 4.69) is 6.58 Å².